The number of aryl methyl sites for hydroxylation is 1. The van der Waals surface area contributed by atoms with Gasteiger partial charge in [0.05, 0.1) is 11.9 Å². The van der Waals surface area contributed by atoms with Crippen molar-refractivity contribution in [2.45, 2.75) is 39.8 Å². The zero-order chi connectivity index (χ0) is 14.7. The maximum absolute atomic E-state index is 11.9. The van der Waals surface area contributed by atoms with Crippen LogP contribution in [0.3, 0.4) is 0 Å². The van der Waals surface area contributed by atoms with E-state index in [2.05, 4.69) is 29.2 Å². The van der Waals surface area contributed by atoms with Crippen LogP contribution in [0.2, 0.25) is 5.02 Å². The van der Waals surface area contributed by atoms with Gasteiger partial charge in [-0.05, 0) is 39.7 Å². The fourth-order valence-electron chi connectivity index (χ4n) is 2.57. The molecule has 1 unspecified atom stereocenters. The second kappa shape index (κ2) is 6.59. The number of aromatic nitrogens is 2. The lowest BCUT2D eigenvalue weighted by atomic mass is 10.1. The number of likely N-dealkylation sites (tertiary alicyclic amines) is 1. The molecule has 2 rings (SSSR count). The van der Waals surface area contributed by atoms with Crippen molar-refractivity contribution in [2.75, 3.05) is 25.0 Å². The Morgan fingerprint density at radius 2 is 2.30 bits per heavy atom. The van der Waals surface area contributed by atoms with E-state index in [1.54, 1.807) is 6.20 Å². The molecule has 20 heavy (non-hydrogen) atoms. The maximum Gasteiger partial charge on any atom is 0.287 e. The third-order valence-corrected chi connectivity index (χ3v) is 4.28. The molecule has 0 saturated carbocycles. The fourth-order valence-corrected chi connectivity index (χ4v) is 2.78. The summed E-state index contributed by atoms with van der Waals surface area (Å²) < 4.78 is 1.36. The van der Waals surface area contributed by atoms with E-state index < -0.39 is 0 Å². The number of halogens is 1. The van der Waals surface area contributed by atoms with E-state index >= 15 is 0 Å². The molecule has 1 N–H and O–H groups in total. The molecule has 0 bridgehead atoms. The van der Waals surface area contributed by atoms with Gasteiger partial charge in [0.2, 0.25) is 0 Å². The highest BCUT2D eigenvalue weighted by Gasteiger charge is 2.24. The largest absolute Gasteiger partial charge is 0.382 e. The number of hydrogen-bond acceptors (Lipinski definition) is 4. The highest BCUT2D eigenvalue weighted by molar-refractivity contribution is 6.32. The van der Waals surface area contributed by atoms with Crippen molar-refractivity contribution >= 4 is 17.3 Å². The number of nitrogens with one attached hydrogen (secondary N) is 1. The highest BCUT2D eigenvalue weighted by Crippen LogP contribution is 2.21. The van der Waals surface area contributed by atoms with Gasteiger partial charge in [0.1, 0.15) is 5.02 Å². The molecule has 1 saturated heterocycles. The molecule has 1 aromatic heterocycles. The molecule has 1 aromatic rings. The van der Waals surface area contributed by atoms with E-state index in [0.717, 1.165) is 19.6 Å². The van der Waals surface area contributed by atoms with Crippen LogP contribution in [0.1, 0.15) is 27.2 Å². The van der Waals surface area contributed by atoms with Crippen LogP contribution >= 0.6 is 11.6 Å². The Balaban J connectivity index is 1.95. The minimum Gasteiger partial charge on any atom is -0.382 e. The molecule has 1 aliphatic rings. The normalized spacial score (nSPS) is 19.8. The van der Waals surface area contributed by atoms with Crippen LogP contribution in [0.5, 0.6) is 0 Å². The summed E-state index contributed by atoms with van der Waals surface area (Å²) in [6, 6.07) is 0.596. The number of hydrogen-bond donors (Lipinski definition) is 1. The summed E-state index contributed by atoms with van der Waals surface area (Å²) in [4.78, 5) is 14.4. The first-order valence-corrected chi connectivity index (χ1v) is 7.64. The van der Waals surface area contributed by atoms with Gasteiger partial charge in [-0.25, -0.2) is 4.68 Å². The molecule has 1 fully saturated rings. The second-order valence-corrected chi connectivity index (χ2v) is 6.00. The Bertz CT molecular complexity index is 514. The minimum absolute atomic E-state index is 0.227. The summed E-state index contributed by atoms with van der Waals surface area (Å²) in [7, 11) is 0. The Morgan fingerprint density at radius 3 is 2.90 bits per heavy atom. The van der Waals surface area contributed by atoms with Crippen LogP contribution in [-0.4, -0.2) is 40.4 Å². The Labute approximate surface area is 124 Å². The molecule has 1 aliphatic heterocycles. The Hall–Kier alpha value is -1.07. The van der Waals surface area contributed by atoms with Crippen LogP contribution in [0.25, 0.3) is 0 Å². The molecule has 0 aliphatic carbocycles. The number of nitrogens with zero attached hydrogens (tertiary/aromatic N) is 3. The van der Waals surface area contributed by atoms with Crippen molar-refractivity contribution in [2.24, 2.45) is 5.92 Å². The molecule has 1 atom stereocenters. The maximum atomic E-state index is 11.9. The van der Waals surface area contributed by atoms with Gasteiger partial charge in [0.15, 0.2) is 0 Å². The van der Waals surface area contributed by atoms with Crippen molar-refractivity contribution < 1.29 is 0 Å². The van der Waals surface area contributed by atoms with Gasteiger partial charge in [0.25, 0.3) is 5.56 Å². The van der Waals surface area contributed by atoms with Crippen LogP contribution in [0.4, 0.5) is 5.69 Å². The summed E-state index contributed by atoms with van der Waals surface area (Å²) in [6.45, 7) is 9.93. The molecule has 0 spiro atoms. The van der Waals surface area contributed by atoms with Gasteiger partial charge in [-0.3, -0.25) is 4.79 Å². The molecule has 0 radical (unpaired) electrons. The average molecular weight is 299 g/mol. The van der Waals surface area contributed by atoms with Crippen LogP contribution in [0.15, 0.2) is 11.0 Å². The molecule has 0 aromatic carbocycles. The zero-order valence-corrected chi connectivity index (χ0v) is 13.2. The third-order valence-electron chi connectivity index (χ3n) is 3.91. The van der Waals surface area contributed by atoms with E-state index in [-0.39, 0.29) is 10.6 Å². The molecular weight excluding hydrogens is 276 g/mol. The van der Waals surface area contributed by atoms with E-state index in [1.165, 1.54) is 11.1 Å². The van der Waals surface area contributed by atoms with Crippen LogP contribution < -0.4 is 10.9 Å². The lowest BCUT2D eigenvalue weighted by Crippen LogP contribution is -2.29. The van der Waals surface area contributed by atoms with E-state index in [9.17, 15) is 4.79 Å². The first-order chi connectivity index (χ1) is 9.52. The van der Waals surface area contributed by atoms with Crippen molar-refractivity contribution in [3.05, 3.63) is 21.6 Å². The highest BCUT2D eigenvalue weighted by atomic mass is 35.5. The zero-order valence-electron chi connectivity index (χ0n) is 12.4. The van der Waals surface area contributed by atoms with Crippen molar-refractivity contribution in [3.8, 4) is 0 Å². The van der Waals surface area contributed by atoms with Gasteiger partial charge in [-0.1, -0.05) is 11.6 Å². The quantitative estimate of drug-likeness (QED) is 0.904. The fraction of sp³-hybridized carbons (Fsp3) is 0.714. The molecule has 112 valence electrons. The van der Waals surface area contributed by atoms with Crippen LogP contribution in [0, 0.1) is 5.92 Å². The number of anilines is 1. The van der Waals surface area contributed by atoms with Crippen molar-refractivity contribution in [3.63, 3.8) is 0 Å². The summed E-state index contributed by atoms with van der Waals surface area (Å²) in [5, 5.41) is 7.60. The molecule has 2 heterocycles. The predicted molar refractivity (Wildman–Crippen MR) is 82.5 cm³/mol. The van der Waals surface area contributed by atoms with E-state index in [1.807, 2.05) is 6.92 Å². The second-order valence-electron chi connectivity index (χ2n) is 5.62. The SMILES string of the molecule is CCn1ncc(NCC2CCN(C(C)C)C2)c(Cl)c1=O. The van der Waals surface area contributed by atoms with Gasteiger partial charge >= 0.3 is 0 Å². The standard InChI is InChI=1S/C14H23ClN4O/c1-4-19-14(20)13(15)12(8-17-19)16-7-11-5-6-18(9-11)10(2)3/h8,10-11,16H,4-7,9H2,1-3H3. The molecule has 5 nitrogen and oxygen atoms in total. The van der Waals surface area contributed by atoms with Gasteiger partial charge in [-0.2, -0.15) is 5.10 Å². The average Bonchev–Trinajstić information content (AvgIpc) is 2.89. The van der Waals surface area contributed by atoms with Crippen molar-refractivity contribution in [1.82, 2.24) is 14.7 Å². The Kier molecular flexibility index (Phi) is 5.05. The lowest BCUT2D eigenvalue weighted by molar-refractivity contribution is 0.266. The summed E-state index contributed by atoms with van der Waals surface area (Å²) >= 11 is 6.10. The predicted octanol–water partition coefficient (Wildman–Crippen LogP) is 2.06. The van der Waals surface area contributed by atoms with Crippen molar-refractivity contribution in [1.29, 1.82) is 0 Å². The smallest absolute Gasteiger partial charge is 0.287 e. The number of rotatable bonds is 5. The minimum atomic E-state index is -0.227. The molecular formula is C14H23ClN4O. The summed E-state index contributed by atoms with van der Waals surface area (Å²) in [5.41, 5.74) is 0.416. The monoisotopic (exact) mass is 298 g/mol. The third kappa shape index (κ3) is 3.33. The molecule has 0 amide bonds. The van der Waals surface area contributed by atoms with Gasteiger partial charge in [0, 0.05) is 25.7 Å². The Morgan fingerprint density at radius 1 is 1.55 bits per heavy atom. The first kappa shape index (κ1) is 15.3. The van der Waals surface area contributed by atoms with Gasteiger partial charge < -0.3 is 10.2 Å². The topological polar surface area (TPSA) is 50.2 Å². The molecule has 6 heteroatoms. The van der Waals surface area contributed by atoms with Crippen LogP contribution in [-0.2, 0) is 6.54 Å². The lowest BCUT2D eigenvalue weighted by Gasteiger charge is -2.20. The van der Waals surface area contributed by atoms with E-state index in [4.69, 9.17) is 11.6 Å². The first-order valence-electron chi connectivity index (χ1n) is 7.26. The summed E-state index contributed by atoms with van der Waals surface area (Å²) in [6.07, 6.45) is 2.82. The van der Waals surface area contributed by atoms with Gasteiger partial charge in [-0.15, -0.1) is 0 Å². The summed E-state index contributed by atoms with van der Waals surface area (Å²) in [5.74, 6) is 0.599. The van der Waals surface area contributed by atoms with E-state index in [0.29, 0.717) is 24.2 Å².